The summed E-state index contributed by atoms with van der Waals surface area (Å²) < 4.78 is 81.6. The lowest BCUT2D eigenvalue weighted by molar-refractivity contribution is -0.143. The minimum Gasteiger partial charge on any atom is -0.475 e. The van der Waals surface area contributed by atoms with Crippen LogP contribution in [0.25, 0.3) is 6.08 Å². The van der Waals surface area contributed by atoms with Crippen molar-refractivity contribution in [2.24, 2.45) is 0 Å². The number of halogens is 6. The molecule has 148 valence electrons. The van der Waals surface area contributed by atoms with E-state index in [4.69, 9.17) is 5.11 Å². The van der Waals surface area contributed by atoms with Crippen molar-refractivity contribution in [2.45, 2.75) is 12.4 Å². The van der Waals surface area contributed by atoms with Gasteiger partial charge in [-0.1, -0.05) is 30.3 Å². The number of carbonyl (C=O) groups excluding carboxylic acids is 1. The number of hydrogen-bond donors (Lipinski definition) is 1. The van der Waals surface area contributed by atoms with Crippen molar-refractivity contribution in [1.82, 2.24) is 0 Å². The maximum atomic E-state index is 12.9. The Balaban J connectivity index is 2.44. The van der Waals surface area contributed by atoms with Gasteiger partial charge in [-0.25, -0.2) is 9.59 Å². The third-order valence-electron chi connectivity index (χ3n) is 3.33. The second-order valence-corrected chi connectivity index (χ2v) is 5.41. The first-order valence-corrected chi connectivity index (χ1v) is 7.39. The quantitative estimate of drug-likeness (QED) is 0.337. The Morgan fingerprint density at radius 1 is 0.857 bits per heavy atom. The standard InChI is InChI=1S/C18H10F6O4/c19-17(20,21)12-7-11(8-13(9-12)18(22,23)24)16(27)28-14(15(25)26)6-10-4-2-1-3-5-10/h1-9H,(H,25,26). The molecule has 2 rings (SSSR count). The molecule has 0 aliphatic carbocycles. The average molecular weight is 404 g/mol. The Morgan fingerprint density at radius 2 is 1.36 bits per heavy atom. The Labute approximate surface area is 153 Å². The number of esters is 1. The van der Waals surface area contributed by atoms with Crippen LogP contribution >= 0.6 is 0 Å². The van der Waals surface area contributed by atoms with Gasteiger partial charge in [-0.2, -0.15) is 26.3 Å². The zero-order valence-corrected chi connectivity index (χ0v) is 13.6. The van der Waals surface area contributed by atoms with Crippen molar-refractivity contribution in [1.29, 1.82) is 0 Å². The molecule has 0 fully saturated rings. The minimum atomic E-state index is -5.16. The maximum Gasteiger partial charge on any atom is 0.416 e. The number of alkyl halides is 6. The van der Waals surface area contributed by atoms with E-state index in [-0.39, 0.29) is 23.8 Å². The van der Waals surface area contributed by atoms with Crippen molar-refractivity contribution in [2.75, 3.05) is 0 Å². The van der Waals surface area contributed by atoms with E-state index in [1.54, 1.807) is 6.07 Å². The summed E-state index contributed by atoms with van der Waals surface area (Å²) in [6.45, 7) is 0. The van der Waals surface area contributed by atoms with Gasteiger partial charge < -0.3 is 9.84 Å². The molecule has 0 amide bonds. The molecular formula is C18H10F6O4. The topological polar surface area (TPSA) is 63.6 Å². The molecule has 10 heteroatoms. The predicted molar refractivity (Wildman–Crippen MR) is 83.9 cm³/mol. The summed E-state index contributed by atoms with van der Waals surface area (Å²) in [6.07, 6.45) is -9.42. The maximum absolute atomic E-state index is 12.9. The van der Waals surface area contributed by atoms with Crippen LogP contribution in [-0.4, -0.2) is 17.0 Å². The molecule has 2 aromatic carbocycles. The van der Waals surface area contributed by atoms with Gasteiger partial charge in [0.15, 0.2) is 0 Å². The first-order chi connectivity index (χ1) is 12.9. The second kappa shape index (κ2) is 7.75. The molecule has 0 atom stereocenters. The smallest absolute Gasteiger partial charge is 0.416 e. The highest BCUT2D eigenvalue weighted by Crippen LogP contribution is 2.36. The van der Waals surface area contributed by atoms with Crippen LogP contribution in [0.4, 0.5) is 26.3 Å². The van der Waals surface area contributed by atoms with Crippen LogP contribution in [0.2, 0.25) is 0 Å². The monoisotopic (exact) mass is 404 g/mol. The predicted octanol–water partition coefficient (Wildman–Crippen LogP) is 5.01. The minimum absolute atomic E-state index is 0.152. The Hall–Kier alpha value is -3.30. The van der Waals surface area contributed by atoms with Gasteiger partial charge in [0.05, 0.1) is 16.7 Å². The Bertz CT molecular complexity index is 882. The summed E-state index contributed by atoms with van der Waals surface area (Å²) in [4.78, 5) is 23.3. The fraction of sp³-hybridized carbons (Fsp3) is 0.111. The number of benzene rings is 2. The van der Waals surface area contributed by atoms with Gasteiger partial charge in [0, 0.05) is 0 Å². The largest absolute Gasteiger partial charge is 0.475 e. The molecular weight excluding hydrogens is 394 g/mol. The first-order valence-electron chi connectivity index (χ1n) is 7.39. The fourth-order valence-corrected chi connectivity index (χ4v) is 2.07. The van der Waals surface area contributed by atoms with Crippen molar-refractivity contribution >= 4 is 18.0 Å². The molecule has 0 saturated heterocycles. The molecule has 0 radical (unpaired) electrons. The normalized spacial score (nSPS) is 12.6. The average Bonchev–Trinajstić information content (AvgIpc) is 2.60. The Morgan fingerprint density at radius 3 is 1.79 bits per heavy atom. The lowest BCUT2D eigenvalue weighted by atomic mass is 10.0. The van der Waals surface area contributed by atoms with E-state index in [0.29, 0.717) is 0 Å². The molecule has 0 aliphatic heterocycles. The summed E-state index contributed by atoms with van der Waals surface area (Å²) >= 11 is 0. The van der Waals surface area contributed by atoms with E-state index in [1.807, 2.05) is 0 Å². The van der Waals surface area contributed by atoms with Crippen LogP contribution in [0, 0.1) is 0 Å². The van der Waals surface area contributed by atoms with E-state index >= 15 is 0 Å². The van der Waals surface area contributed by atoms with E-state index in [2.05, 4.69) is 4.74 Å². The van der Waals surface area contributed by atoms with Gasteiger partial charge in [-0.15, -0.1) is 0 Å². The molecule has 4 nitrogen and oxygen atoms in total. The third kappa shape index (κ3) is 5.35. The van der Waals surface area contributed by atoms with Crippen LogP contribution in [0.15, 0.2) is 54.3 Å². The van der Waals surface area contributed by atoms with Crippen molar-refractivity contribution in [3.63, 3.8) is 0 Å². The molecule has 0 heterocycles. The van der Waals surface area contributed by atoms with Crippen molar-refractivity contribution in [3.8, 4) is 0 Å². The van der Waals surface area contributed by atoms with E-state index < -0.39 is 46.7 Å². The van der Waals surface area contributed by atoms with Crippen molar-refractivity contribution in [3.05, 3.63) is 76.5 Å². The highest BCUT2D eigenvalue weighted by molar-refractivity contribution is 5.97. The van der Waals surface area contributed by atoms with Gasteiger partial charge in [-0.05, 0) is 29.8 Å². The zero-order valence-electron chi connectivity index (χ0n) is 13.6. The van der Waals surface area contributed by atoms with Gasteiger partial charge in [-0.3, -0.25) is 0 Å². The molecule has 0 unspecified atom stereocenters. The summed E-state index contributed by atoms with van der Waals surface area (Å²) in [7, 11) is 0. The molecule has 0 aliphatic rings. The SMILES string of the molecule is O=C(O)C(=Cc1ccccc1)OC(=O)c1cc(C(F)(F)F)cc(C(F)(F)F)c1. The van der Waals surface area contributed by atoms with E-state index in [1.165, 1.54) is 24.3 Å². The van der Waals surface area contributed by atoms with Gasteiger partial charge in [0.1, 0.15) is 0 Å². The van der Waals surface area contributed by atoms with Gasteiger partial charge >= 0.3 is 24.3 Å². The van der Waals surface area contributed by atoms with E-state index in [0.717, 1.165) is 6.08 Å². The molecule has 0 bridgehead atoms. The van der Waals surface area contributed by atoms with Crippen LogP contribution < -0.4 is 0 Å². The van der Waals surface area contributed by atoms with Gasteiger partial charge in [0.2, 0.25) is 5.76 Å². The molecule has 1 N–H and O–H groups in total. The molecule has 0 aromatic heterocycles. The number of carbonyl (C=O) groups is 2. The number of carboxylic acid groups (broad SMARTS) is 1. The highest BCUT2D eigenvalue weighted by atomic mass is 19.4. The number of ether oxygens (including phenoxy) is 1. The molecule has 28 heavy (non-hydrogen) atoms. The third-order valence-corrected chi connectivity index (χ3v) is 3.33. The molecule has 2 aromatic rings. The highest BCUT2D eigenvalue weighted by Gasteiger charge is 2.37. The van der Waals surface area contributed by atoms with Crippen LogP contribution in [0.5, 0.6) is 0 Å². The van der Waals surface area contributed by atoms with Crippen LogP contribution in [-0.2, 0) is 21.9 Å². The number of aliphatic carboxylic acids is 1. The molecule has 0 spiro atoms. The number of hydrogen-bond acceptors (Lipinski definition) is 3. The first kappa shape index (κ1) is 21.0. The van der Waals surface area contributed by atoms with Gasteiger partial charge in [0.25, 0.3) is 0 Å². The van der Waals surface area contributed by atoms with Crippen molar-refractivity contribution < 1.29 is 45.8 Å². The van der Waals surface area contributed by atoms with E-state index in [9.17, 15) is 35.9 Å². The number of carboxylic acids is 1. The lowest BCUT2D eigenvalue weighted by Crippen LogP contribution is -2.16. The van der Waals surface area contributed by atoms with Crippen LogP contribution in [0.1, 0.15) is 27.0 Å². The second-order valence-electron chi connectivity index (χ2n) is 5.41. The summed E-state index contributed by atoms with van der Waals surface area (Å²) in [5.74, 6) is -4.39. The Kier molecular flexibility index (Phi) is 5.81. The number of rotatable bonds is 4. The van der Waals surface area contributed by atoms with Crippen LogP contribution in [0.3, 0.4) is 0 Å². The summed E-state index contributed by atoms with van der Waals surface area (Å²) in [5, 5.41) is 9.09. The fourth-order valence-electron chi connectivity index (χ4n) is 2.07. The summed E-state index contributed by atoms with van der Waals surface area (Å²) in [6, 6.07) is 7.73. The summed E-state index contributed by atoms with van der Waals surface area (Å²) in [5.41, 5.74) is -4.26. The molecule has 0 saturated carbocycles. The lowest BCUT2D eigenvalue weighted by Gasteiger charge is -2.14. The zero-order chi connectivity index (χ0) is 21.1.